The largest absolute Gasteiger partial charge is 0.494 e. The second kappa shape index (κ2) is 8.23. The number of carbonyl (C=O) groups is 1. The molecule has 1 amide bonds. The van der Waals surface area contributed by atoms with Crippen LogP contribution in [0.15, 0.2) is 90.6 Å². The Hall–Kier alpha value is -3.53. The molecule has 1 heterocycles. The van der Waals surface area contributed by atoms with E-state index in [4.69, 9.17) is 10.5 Å². The summed E-state index contributed by atoms with van der Waals surface area (Å²) in [4.78, 5) is 15.3. The molecule has 29 heavy (non-hydrogen) atoms. The van der Waals surface area contributed by atoms with E-state index in [0.29, 0.717) is 17.9 Å². The van der Waals surface area contributed by atoms with Gasteiger partial charge in [-0.3, -0.25) is 9.69 Å². The van der Waals surface area contributed by atoms with Crippen molar-refractivity contribution >= 4 is 17.2 Å². The zero-order valence-corrected chi connectivity index (χ0v) is 16.4. The first-order chi connectivity index (χ1) is 14.2. The maximum atomic E-state index is 13.5. The fraction of sp³-hybridized carbons (Fsp3) is 0.160. The molecule has 0 fully saturated rings. The Morgan fingerprint density at radius 1 is 0.897 bits per heavy atom. The molecule has 0 bridgehead atoms. The van der Waals surface area contributed by atoms with Gasteiger partial charge in [0, 0.05) is 11.4 Å². The van der Waals surface area contributed by atoms with Crippen LogP contribution in [0, 0.1) is 0 Å². The molecule has 1 aliphatic rings. The lowest BCUT2D eigenvalue weighted by molar-refractivity contribution is -0.113. The minimum absolute atomic E-state index is 0.0928. The molecule has 0 radical (unpaired) electrons. The van der Waals surface area contributed by atoms with Crippen molar-refractivity contribution in [3.63, 3.8) is 0 Å². The highest BCUT2D eigenvalue weighted by Crippen LogP contribution is 2.42. The van der Waals surface area contributed by atoms with Crippen LogP contribution in [0.5, 0.6) is 5.75 Å². The minimum Gasteiger partial charge on any atom is -0.494 e. The standard InChI is InChI=1S/C25H24N2O2/c1-2-17-29-21-15-13-18(14-16-21)22-23(26)24(19-9-5-3-6-10-19)27(25(22)28)20-11-7-4-8-12-20/h3-16,24H,2,17,26H2,1H3. The third-order valence-corrected chi connectivity index (χ3v) is 5.04. The van der Waals surface area contributed by atoms with E-state index < -0.39 is 0 Å². The average Bonchev–Trinajstić information content (AvgIpc) is 3.04. The van der Waals surface area contributed by atoms with Crippen molar-refractivity contribution in [2.75, 3.05) is 11.5 Å². The fourth-order valence-corrected chi connectivity index (χ4v) is 3.68. The van der Waals surface area contributed by atoms with Crippen LogP contribution in [0.2, 0.25) is 0 Å². The number of amides is 1. The average molecular weight is 384 g/mol. The predicted octanol–water partition coefficient (Wildman–Crippen LogP) is 4.93. The monoisotopic (exact) mass is 384 g/mol. The molecule has 0 saturated carbocycles. The molecule has 4 rings (SSSR count). The van der Waals surface area contributed by atoms with Gasteiger partial charge >= 0.3 is 0 Å². The van der Waals surface area contributed by atoms with Crippen LogP contribution >= 0.6 is 0 Å². The van der Waals surface area contributed by atoms with Gasteiger partial charge in [-0.15, -0.1) is 0 Å². The van der Waals surface area contributed by atoms with E-state index in [-0.39, 0.29) is 11.9 Å². The molecule has 0 aromatic heterocycles. The lowest BCUT2D eigenvalue weighted by Crippen LogP contribution is -2.30. The molecule has 3 aromatic carbocycles. The topological polar surface area (TPSA) is 55.6 Å². The molecular formula is C25H24N2O2. The zero-order chi connectivity index (χ0) is 20.2. The van der Waals surface area contributed by atoms with Gasteiger partial charge in [-0.05, 0) is 41.8 Å². The van der Waals surface area contributed by atoms with E-state index in [1.165, 1.54) is 0 Å². The van der Waals surface area contributed by atoms with Gasteiger partial charge in [-0.2, -0.15) is 0 Å². The van der Waals surface area contributed by atoms with E-state index >= 15 is 0 Å². The maximum Gasteiger partial charge on any atom is 0.261 e. The summed E-state index contributed by atoms with van der Waals surface area (Å²) in [5.41, 5.74) is 10.3. The van der Waals surface area contributed by atoms with Crippen molar-refractivity contribution in [2.45, 2.75) is 19.4 Å². The van der Waals surface area contributed by atoms with Gasteiger partial charge in [-0.25, -0.2) is 0 Å². The quantitative estimate of drug-likeness (QED) is 0.655. The Morgan fingerprint density at radius 2 is 1.52 bits per heavy atom. The highest BCUT2D eigenvalue weighted by atomic mass is 16.5. The van der Waals surface area contributed by atoms with Crippen molar-refractivity contribution in [3.8, 4) is 5.75 Å². The number of para-hydroxylation sites is 1. The first-order valence-corrected chi connectivity index (χ1v) is 9.87. The highest BCUT2D eigenvalue weighted by Gasteiger charge is 2.40. The molecule has 1 unspecified atom stereocenters. The second-order valence-corrected chi connectivity index (χ2v) is 7.03. The fourth-order valence-electron chi connectivity index (χ4n) is 3.68. The third kappa shape index (κ3) is 3.61. The van der Waals surface area contributed by atoms with Crippen LogP contribution in [0.25, 0.3) is 5.57 Å². The van der Waals surface area contributed by atoms with Crippen LogP contribution in [0.1, 0.15) is 30.5 Å². The molecule has 0 saturated heterocycles. The summed E-state index contributed by atoms with van der Waals surface area (Å²) in [6.07, 6.45) is 0.948. The third-order valence-electron chi connectivity index (χ3n) is 5.04. The summed E-state index contributed by atoms with van der Waals surface area (Å²) in [6, 6.07) is 26.8. The Labute approximate surface area is 171 Å². The molecule has 4 heteroatoms. The highest BCUT2D eigenvalue weighted by molar-refractivity contribution is 6.30. The normalized spacial score (nSPS) is 16.4. The van der Waals surface area contributed by atoms with Gasteiger partial charge in [0.05, 0.1) is 12.2 Å². The maximum absolute atomic E-state index is 13.5. The summed E-state index contributed by atoms with van der Waals surface area (Å²) >= 11 is 0. The number of anilines is 1. The number of rotatable bonds is 6. The number of benzene rings is 3. The molecule has 1 aliphatic heterocycles. The molecule has 0 aliphatic carbocycles. The molecule has 3 aromatic rings. The van der Waals surface area contributed by atoms with Crippen LogP contribution in [-0.2, 0) is 4.79 Å². The van der Waals surface area contributed by atoms with Crippen molar-refractivity contribution in [1.82, 2.24) is 0 Å². The van der Waals surface area contributed by atoms with Gasteiger partial charge in [-0.1, -0.05) is 67.6 Å². The first-order valence-electron chi connectivity index (χ1n) is 9.87. The summed E-state index contributed by atoms with van der Waals surface area (Å²) in [5.74, 6) is 0.699. The number of nitrogens with two attached hydrogens (primary N) is 1. The predicted molar refractivity (Wildman–Crippen MR) is 116 cm³/mol. The van der Waals surface area contributed by atoms with Gasteiger partial charge in [0.1, 0.15) is 11.8 Å². The van der Waals surface area contributed by atoms with Gasteiger partial charge in [0.15, 0.2) is 0 Å². The summed E-state index contributed by atoms with van der Waals surface area (Å²) < 4.78 is 5.66. The van der Waals surface area contributed by atoms with Crippen LogP contribution in [-0.4, -0.2) is 12.5 Å². The molecular weight excluding hydrogens is 360 g/mol. The van der Waals surface area contributed by atoms with E-state index in [2.05, 4.69) is 6.92 Å². The lowest BCUT2D eigenvalue weighted by Gasteiger charge is -2.26. The molecule has 4 nitrogen and oxygen atoms in total. The zero-order valence-electron chi connectivity index (χ0n) is 16.4. The number of nitrogens with zero attached hydrogens (tertiary/aromatic N) is 1. The van der Waals surface area contributed by atoms with Crippen molar-refractivity contribution in [3.05, 3.63) is 102 Å². The van der Waals surface area contributed by atoms with Crippen LogP contribution in [0.3, 0.4) is 0 Å². The summed E-state index contributed by atoms with van der Waals surface area (Å²) in [7, 11) is 0. The Bertz CT molecular complexity index is 1010. The van der Waals surface area contributed by atoms with Crippen LogP contribution in [0.4, 0.5) is 5.69 Å². The van der Waals surface area contributed by atoms with E-state index in [1.807, 2.05) is 84.9 Å². The number of carbonyl (C=O) groups excluding carboxylic acids is 1. The minimum atomic E-state index is -0.336. The van der Waals surface area contributed by atoms with Crippen molar-refractivity contribution in [1.29, 1.82) is 0 Å². The Kier molecular flexibility index (Phi) is 5.34. The van der Waals surface area contributed by atoms with Crippen molar-refractivity contribution < 1.29 is 9.53 Å². The second-order valence-electron chi connectivity index (χ2n) is 7.03. The first kappa shape index (κ1) is 18.8. The number of hydrogen-bond acceptors (Lipinski definition) is 3. The number of hydrogen-bond donors (Lipinski definition) is 1. The van der Waals surface area contributed by atoms with Gasteiger partial charge < -0.3 is 10.5 Å². The number of ether oxygens (including phenoxy) is 1. The summed E-state index contributed by atoms with van der Waals surface area (Å²) in [6.45, 7) is 2.74. The summed E-state index contributed by atoms with van der Waals surface area (Å²) in [5, 5.41) is 0. The van der Waals surface area contributed by atoms with Gasteiger partial charge in [0.2, 0.25) is 0 Å². The lowest BCUT2D eigenvalue weighted by atomic mass is 10.00. The Morgan fingerprint density at radius 3 is 2.14 bits per heavy atom. The van der Waals surface area contributed by atoms with E-state index in [1.54, 1.807) is 4.90 Å². The van der Waals surface area contributed by atoms with E-state index in [9.17, 15) is 4.79 Å². The van der Waals surface area contributed by atoms with Crippen molar-refractivity contribution in [2.24, 2.45) is 5.73 Å². The molecule has 2 N–H and O–H groups in total. The van der Waals surface area contributed by atoms with E-state index in [0.717, 1.165) is 29.0 Å². The Balaban J connectivity index is 1.77. The molecule has 146 valence electrons. The molecule has 0 spiro atoms. The molecule has 1 atom stereocenters. The van der Waals surface area contributed by atoms with Gasteiger partial charge in [0.25, 0.3) is 5.91 Å². The van der Waals surface area contributed by atoms with Crippen LogP contribution < -0.4 is 15.4 Å². The smallest absolute Gasteiger partial charge is 0.261 e. The SMILES string of the molecule is CCCOc1ccc(C2=C(N)C(c3ccccc3)N(c3ccccc3)C2=O)cc1.